The van der Waals surface area contributed by atoms with Crippen LogP contribution >= 0.6 is 0 Å². The quantitative estimate of drug-likeness (QED) is 0.337. The smallest absolute Gasteiger partial charge is 0.141 e. The molecule has 160 valence electrons. The second-order valence-corrected chi connectivity index (χ2v) is 8.80. The molecule has 3 aromatic heterocycles. The Bertz CT molecular complexity index is 1750. The molecule has 0 atom stereocenters. The summed E-state index contributed by atoms with van der Waals surface area (Å²) in [5.74, 6) is 0.784. The molecule has 0 aliphatic carbocycles. The maximum Gasteiger partial charge on any atom is 0.141 e. The lowest BCUT2D eigenvalue weighted by atomic mass is 9.80. The van der Waals surface area contributed by atoms with Crippen LogP contribution in [0.4, 0.5) is 0 Å². The van der Waals surface area contributed by atoms with Crippen LogP contribution in [0.1, 0.15) is 27.8 Å². The number of hydrogen-bond acceptors (Lipinski definition) is 3. The van der Waals surface area contributed by atoms with E-state index in [-0.39, 0.29) is 11.8 Å². The minimum Gasteiger partial charge on any atom is -0.506 e. The lowest BCUT2D eigenvalue weighted by Gasteiger charge is -2.25. The molecule has 0 spiro atoms. The summed E-state index contributed by atoms with van der Waals surface area (Å²) in [4.78, 5) is 9.35. The lowest BCUT2D eigenvalue weighted by molar-refractivity contribution is 0.480. The number of pyridine rings is 2. The van der Waals surface area contributed by atoms with E-state index in [2.05, 4.69) is 53.7 Å². The fourth-order valence-corrected chi connectivity index (χ4v) is 4.62. The molecule has 6 rings (SSSR count). The van der Waals surface area contributed by atoms with Crippen molar-refractivity contribution in [3.63, 3.8) is 0 Å². The van der Waals surface area contributed by atoms with Crippen molar-refractivity contribution in [3.05, 3.63) is 108 Å². The van der Waals surface area contributed by atoms with E-state index in [1.807, 2.05) is 30.3 Å². The molecular formula is C29H23N3O. The highest BCUT2D eigenvalue weighted by Gasteiger charge is 2.26. The number of phenolic OH excluding ortho intramolecular Hbond substituents is 1. The highest BCUT2D eigenvalue weighted by Crippen LogP contribution is 2.37. The molecular weight excluding hydrogens is 406 g/mol. The van der Waals surface area contributed by atoms with Crippen molar-refractivity contribution in [2.75, 3.05) is 0 Å². The highest BCUT2D eigenvalue weighted by molar-refractivity contribution is 6.09. The third kappa shape index (κ3) is 2.99. The summed E-state index contributed by atoms with van der Waals surface area (Å²) in [6.07, 6.45) is 1.57. The summed E-state index contributed by atoms with van der Waals surface area (Å²) in [7, 11) is 0. The van der Waals surface area contributed by atoms with Crippen molar-refractivity contribution in [1.29, 1.82) is 0 Å². The second-order valence-electron chi connectivity index (χ2n) is 8.80. The molecule has 4 heteroatoms. The predicted octanol–water partition coefficient (Wildman–Crippen LogP) is 6.76. The molecule has 0 saturated carbocycles. The Labute approximate surface area is 194 Å². The van der Waals surface area contributed by atoms with Gasteiger partial charge in [0.1, 0.15) is 17.1 Å². The SMILES string of the molecule is [2H]c1ccc(-n2c3ccccc3c3ccc(C(C)(C)c4ccc5cc([2H])cc(O)c5n4)cc32)nc1. The summed E-state index contributed by atoms with van der Waals surface area (Å²) in [5.41, 5.74) is 4.05. The summed E-state index contributed by atoms with van der Waals surface area (Å²) < 4.78 is 17.8. The standard InChI is InChI=1S/C29H23N3O/c1-29(2,26-16-13-19-8-7-11-25(33)28(19)31-26)20-14-15-22-21-9-3-4-10-23(21)32(24(22)18-20)27-12-5-6-17-30-27/h3-18,33H,1-2H3/i6D,7D. The fraction of sp³-hybridized carbons (Fsp3) is 0.103. The fourth-order valence-electron chi connectivity index (χ4n) is 4.62. The number of aromatic hydroxyl groups is 1. The molecule has 0 aliphatic rings. The molecule has 3 aromatic carbocycles. The normalized spacial score (nSPS) is 12.9. The zero-order valence-electron chi connectivity index (χ0n) is 20.4. The Balaban J connectivity index is 1.57. The van der Waals surface area contributed by atoms with Gasteiger partial charge in [-0.15, -0.1) is 0 Å². The van der Waals surface area contributed by atoms with E-state index in [1.54, 1.807) is 18.3 Å². The van der Waals surface area contributed by atoms with Crippen molar-refractivity contribution < 1.29 is 7.85 Å². The summed E-state index contributed by atoms with van der Waals surface area (Å²) in [5, 5.41) is 13.4. The maximum atomic E-state index is 10.4. The first-order chi connectivity index (χ1) is 16.8. The van der Waals surface area contributed by atoms with E-state index in [4.69, 9.17) is 7.73 Å². The van der Waals surface area contributed by atoms with Crippen LogP contribution < -0.4 is 0 Å². The van der Waals surface area contributed by atoms with Crippen LogP contribution in [0.5, 0.6) is 5.75 Å². The summed E-state index contributed by atoms with van der Waals surface area (Å²) in [6.45, 7) is 4.25. The molecule has 1 N–H and O–H groups in total. The third-order valence-corrected chi connectivity index (χ3v) is 6.49. The van der Waals surface area contributed by atoms with Gasteiger partial charge in [-0.05, 0) is 41.9 Å². The molecule has 0 fully saturated rings. The number of benzene rings is 3. The van der Waals surface area contributed by atoms with Crippen LogP contribution in [0, 0.1) is 0 Å². The molecule has 0 amide bonds. The Hall–Kier alpha value is -4.18. The van der Waals surface area contributed by atoms with Gasteiger partial charge >= 0.3 is 0 Å². The monoisotopic (exact) mass is 431 g/mol. The van der Waals surface area contributed by atoms with Gasteiger partial charge in [0.25, 0.3) is 0 Å². The van der Waals surface area contributed by atoms with E-state index in [1.165, 1.54) is 6.07 Å². The van der Waals surface area contributed by atoms with Gasteiger partial charge in [0.15, 0.2) is 0 Å². The Morgan fingerprint density at radius 3 is 2.55 bits per heavy atom. The number of para-hydroxylation sites is 2. The van der Waals surface area contributed by atoms with Crippen molar-refractivity contribution in [2.45, 2.75) is 19.3 Å². The number of aromatic nitrogens is 3. The molecule has 0 bridgehead atoms. The van der Waals surface area contributed by atoms with Crippen molar-refractivity contribution in [1.82, 2.24) is 14.5 Å². The molecule has 4 nitrogen and oxygen atoms in total. The van der Waals surface area contributed by atoms with E-state index in [0.717, 1.165) is 44.3 Å². The maximum absolute atomic E-state index is 10.4. The first-order valence-electron chi connectivity index (χ1n) is 11.9. The number of phenols is 1. The van der Waals surface area contributed by atoms with Crippen molar-refractivity contribution in [2.24, 2.45) is 0 Å². The third-order valence-electron chi connectivity index (χ3n) is 6.49. The average Bonchev–Trinajstić information content (AvgIpc) is 3.18. The van der Waals surface area contributed by atoms with Gasteiger partial charge in [-0.25, -0.2) is 9.97 Å². The molecule has 3 heterocycles. The minimum absolute atomic E-state index is 0.0182. The highest BCUT2D eigenvalue weighted by atomic mass is 16.3. The average molecular weight is 432 g/mol. The minimum atomic E-state index is -0.450. The Kier molecular flexibility index (Phi) is 3.78. The molecule has 33 heavy (non-hydrogen) atoms. The van der Waals surface area contributed by atoms with Gasteiger partial charge in [0.2, 0.25) is 0 Å². The molecule has 0 radical (unpaired) electrons. The Morgan fingerprint density at radius 1 is 0.848 bits per heavy atom. The van der Waals surface area contributed by atoms with Gasteiger partial charge in [-0.2, -0.15) is 0 Å². The zero-order chi connectivity index (χ0) is 24.3. The molecule has 6 aromatic rings. The van der Waals surface area contributed by atoms with Crippen LogP contribution in [0.3, 0.4) is 0 Å². The van der Waals surface area contributed by atoms with Crippen LogP contribution in [0.25, 0.3) is 38.5 Å². The first-order valence-corrected chi connectivity index (χ1v) is 10.9. The number of fused-ring (bicyclic) bond motifs is 4. The number of rotatable bonds is 3. The van der Waals surface area contributed by atoms with Gasteiger partial charge in [0.05, 0.1) is 19.5 Å². The van der Waals surface area contributed by atoms with Crippen LogP contribution in [-0.4, -0.2) is 19.6 Å². The largest absolute Gasteiger partial charge is 0.506 e. The van der Waals surface area contributed by atoms with Crippen LogP contribution in [-0.2, 0) is 5.41 Å². The molecule has 0 unspecified atom stereocenters. The molecule has 0 saturated heterocycles. The van der Waals surface area contributed by atoms with Crippen LogP contribution in [0.2, 0.25) is 0 Å². The summed E-state index contributed by atoms with van der Waals surface area (Å²) >= 11 is 0. The lowest BCUT2D eigenvalue weighted by Crippen LogP contribution is -2.20. The molecule has 0 aliphatic heterocycles. The van der Waals surface area contributed by atoms with E-state index < -0.39 is 5.41 Å². The Morgan fingerprint density at radius 2 is 1.70 bits per heavy atom. The van der Waals surface area contributed by atoms with Gasteiger partial charge in [-0.3, -0.25) is 4.57 Å². The predicted molar refractivity (Wildman–Crippen MR) is 134 cm³/mol. The van der Waals surface area contributed by atoms with Gasteiger partial charge < -0.3 is 5.11 Å². The first kappa shape index (κ1) is 17.4. The number of nitrogens with zero attached hydrogens (tertiary/aromatic N) is 3. The van der Waals surface area contributed by atoms with E-state index >= 15 is 0 Å². The van der Waals surface area contributed by atoms with Crippen LogP contribution in [0.15, 0.2) is 97.1 Å². The van der Waals surface area contributed by atoms with Gasteiger partial charge in [-0.1, -0.05) is 68.4 Å². The number of hydrogen-bond donors (Lipinski definition) is 1. The van der Waals surface area contributed by atoms with Crippen molar-refractivity contribution >= 4 is 32.7 Å². The topological polar surface area (TPSA) is 50.9 Å². The van der Waals surface area contributed by atoms with Gasteiger partial charge in [0, 0.05) is 27.8 Å². The van der Waals surface area contributed by atoms with E-state index in [0.29, 0.717) is 11.6 Å². The zero-order valence-corrected chi connectivity index (χ0v) is 18.4. The van der Waals surface area contributed by atoms with Crippen molar-refractivity contribution in [3.8, 4) is 11.6 Å². The summed E-state index contributed by atoms with van der Waals surface area (Å²) in [6, 6.07) is 26.0. The second kappa shape index (κ2) is 7.17. The van der Waals surface area contributed by atoms with E-state index in [9.17, 15) is 5.11 Å².